The van der Waals surface area contributed by atoms with E-state index < -0.39 is 0 Å². The molecule has 0 aliphatic heterocycles. The molecule has 0 radical (unpaired) electrons. The maximum absolute atomic E-state index is 12.3. The maximum Gasteiger partial charge on any atom is 0.255 e. The third-order valence-electron chi connectivity index (χ3n) is 4.16. The van der Waals surface area contributed by atoms with Crippen molar-refractivity contribution < 1.29 is 4.79 Å². The van der Waals surface area contributed by atoms with E-state index in [1.54, 1.807) is 23.5 Å². The number of carbonyl (C=O) groups is 1. The Balaban J connectivity index is 1.65. The van der Waals surface area contributed by atoms with E-state index >= 15 is 0 Å². The van der Waals surface area contributed by atoms with Crippen molar-refractivity contribution in [3.63, 3.8) is 0 Å². The minimum atomic E-state index is -0.131. The molecule has 0 aliphatic rings. The molecule has 3 N–H and O–H groups in total. The number of hydrogen-bond donors (Lipinski definition) is 2. The molecule has 128 valence electrons. The van der Waals surface area contributed by atoms with Crippen LogP contribution in [0.5, 0.6) is 0 Å². The van der Waals surface area contributed by atoms with E-state index in [0.717, 1.165) is 31.9 Å². The monoisotopic (exact) mass is 360 g/mol. The van der Waals surface area contributed by atoms with Gasteiger partial charge in [0.15, 0.2) is 0 Å². The molecule has 0 atom stereocenters. The highest BCUT2D eigenvalue weighted by molar-refractivity contribution is 7.19. The molecular formula is C20H16N4OS. The molecule has 0 spiro atoms. The van der Waals surface area contributed by atoms with Gasteiger partial charge >= 0.3 is 0 Å². The molecule has 0 bridgehead atoms. The molecule has 2 aromatic heterocycles. The van der Waals surface area contributed by atoms with Crippen LogP contribution >= 0.6 is 11.3 Å². The lowest BCUT2D eigenvalue weighted by Crippen LogP contribution is -2.11. The second-order valence-electron chi connectivity index (χ2n) is 5.87. The first-order valence-corrected chi connectivity index (χ1v) is 8.91. The van der Waals surface area contributed by atoms with E-state index in [1.165, 1.54) is 6.33 Å². The zero-order valence-corrected chi connectivity index (χ0v) is 14.9. The number of amides is 1. The molecule has 2 heterocycles. The van der Waals surface area contributed by atoms with Crippen LogP contribution in [0.4, 0.5) is 11.5 Å². The SMILES string of the molecule is Cc1sc2ncnc(N)c2c1-c1ccc(NC(=O)c2ccccc2)cc1. The largest absolute Gasteiger partial charge is 0.383 e. The zero-order chi connectivity index (χ0) is 18.1. The molecule has 1 amide bonds. The summed E-state index contributed by atoms with van der Waals surface area (Å²) in [5.41, 5.74) is 9.50. The highest BCUT2D eigenvalue weighted by atomic mass is 32.1. The van der Waals surface area contributed by atoms with Crippen LogP contribution in [0.3, 0.4) is 0 Å². The number of thiophene rings is 1. The Hall–Kier alpha value is -3.25. The molecule has 0 saturated carbocycles. The number of rotatable bonds is 3. The summed E-state index contributed by atoms with van der Waals surface area (Å²) in [6.45, 7) is 2.05. The minimum Gasteiger partial charge on any atom is -0.383 e. The van der Waals surface area contributed by atoms with Crippen LogP contribution in [0.25, 0.3) is 21.3 Å². The number of anilines is 2. The maximum atomic E-state index is 12.3. The predicted octanol–water partition coefficient (Wildman–Crippen LogP) is 4.50. The van der Waals surface area contributed by atoms with Gasteiger partial charge in [0, 0.05) is 21.7 Å². The van der Waals surface area contributed by atoms with Crippen molar-refractivity contribution in [2.75, 3.05) is 11.1 Å². The van der Waals surface area contributed by atoms with Gasteiger partial charge in [0.2, 0.25) is 0 Å². The van der Waals surface area contributed by atoms with Crippen molar-refractivity contribution >= 4 is 39.0 Å². The third-order valence-corrected chi connectivity index (χ3v) is 5.17. The van der Waals surface area contributed by atoms with Crippen LogP contribution in [0.2, 0.25) is 0 Å². The number of hydrogen-bond acceptors (Lipinski definition) is 5. The first kappa shape index (κ1) is 16.2. The number of nitrogens with one attached hydrogen (secondary N) is 1. The van der Waals surface area contributed by atoms with Gasteiger partial charge in [0.05, 0.1) is 5.39 Å². The molecule has 0 saturated heterocycles. The van der Waals surface area contributed by atoms with Gasteiger partial charge in [-0.1, -0.05) is 30.3 Å². The quantitative estimate of drug-likeness (QED) is 0.563. The lowest BCUT2D eigenvalue weighted by atomic mass is 10.0. The fourth-order valence-corrected chi connectivity index (χ4v) is 3.95. The standard InChI is InChI=1S/C20H16N4OS/c1-12-16(17-18(21)22-11-23-20(17)26-12)13-7-9-15(10-8-13)24-19(25)14-5-3-2-4-6-14/h2-11H,1H3,(H,24,25)(H2,21,22,23). The Bertz CT molecular complexity index is 1090. The summed E-state index contributed by atoms with van der Waals surface area (Å²) in [6, 6.07) is 16.9. The van der Waals surface area contributed by atoms with E-state index in [2.05, 4.69) is 15.3 Å². The number of nitrogens with zero attached hydrogens (tertiary/aromatic N) is 2. The Morgan fingerprint density at radius 1 is 1.04 bits per heavy atom. The summed E-state index contributed by atoms with van der Waals surface area (Å²) in [7, 11) is 0. The molecule has 5 nitrogen and oxygen atoms in total. The van der Waals surface area contributed by atoms with E-state index in [1.807, 2.05) is 49.4 Å². The topological polar surface area (TPSA) is 80.9 Å². The van der Waals surface area contributed by atoms with Gasteiger partial charge in [-0.2, -0.15) is 0 Å². The zero-order valence-electron chi connectivity index (χ0n) is 14.1. The van der Waals surface area contributed by atoms with Gasteiger partial charge in [-0.25, -0.2) is 9.97 Å². The van der Waals surface area contributed by atoms with E-state index in [0.29, 0.717) is 11.4 Å². The Morgan fingerprint density at radius 2 is 1.77 bits per heavy atom. The number of aryl methyl sites for hydroxylation is 1. The third kappa shape index (κ3) is 2.91. The Morgan fingerprint density at radius 3 is 2.50 bits per heavy atom. The second-order valence-corrected chi connectivity index (χ2v) is 7.07. The first-order valence-electron chi connectivity index (χ1n) is 8.10. The number of benzene rings is 2. The fraction of sp³-hybridized carbons (Fsp3) is 0.0500. The number of fused-ring (bicyclic) bond motifs is 1. The van der Waals surface area contributed by atoms with Crippen molar-refractivity contribution in [2.45, 2.75) is 6.92 Å². The highest BCUT2D eigenvalue weighted by Crippen LogP contribution is 2.39. The number of nitrogens with two attached hydrogens (primary N) is 1. The second kappa shape index (κ2) is 6.57. The Labute approximate surface area is 154 Å². The minimum absolute atomic E-state index is 0.131. The molecule has 4 rings (SSSR count). The molecule has 0 unspecified atom stereocenters. The molecular weight excluding hydrogens is 344 g/mol. The summed E-state index contributed by atoms with van der Waals surface area (Å²) in [6.07, 6.45) is 1.49. The molecule has 26 heavy (non-hydrogen) atoms. The van der Waals surface area contributed by atoms with Gasteiger partial charge in [0.1, 0.15) is 17.0 Å². The van der Waals surface area contributed by atoms with Crippen LogP contribution in [-0.2, 0) is 0 Å². The van der Waals surface area contributed by atoms with Gasteiger partial charge in [-0.15, -0.1) is 11.3 Å². The molecule has 0 fully saturated rings. The van der Waals surface area contributed by atoms with Crippen LogP contribution in [0.1, 0.15) is 15.2 Å². The van der Waals surface area contributed by atoms with E-state index in [9.17, 15) is 4.79 Å². The van der Waals surface area contributed by atoms with Crippen LogP contribution in [0.15, 0.2) is 60.9 Å². The summed E-state index contributed by atoms with van der Waals surface area (Å²) in [5, 5.41) is 3.79. The number of nitrogen functional groups attached to an aromatic ring is 1. The highest BCUT2D eigenvalue weighted by Gasteiger charge is 2.15. The smallest absolute Gasteiger partial charge is 0.255 e. The number of aromatic nitrogens is 2. The lowest BCUT2D eigenvalue weighted by molar-refractivity contribution is 0.102. The summed E-state index contributed by atoms with van der Waals surface area (Å²) in [4.78, 5) is 22.7. The Kier molecular flexibility index (Phi) is 4.10. The van der Waals surface area contributed by atoms with Crippen molar-refractivity contribution in [3.05, 3.63) is 71.4 Å². The van der Waals surface area contributed by atoms with Gasteiger partial charge in [-0.3, -0.25) is 4.79 Å². The van der Waals surface area contributed by atoms with Gasteiger partial charge in [0.25, 0.3) is 5.91 Å². The van der Waals surface area contributed by atoms with Crippen LogP contribution in [-0.4, -0.2) is 15.9 Å². The summed E-state index contributed by atoms with van der Waals surface area (Å²) >= 11 is 1.60. The van der Waals surface area contributed by atoms with E-state index in [-0.39, 0.29) is 5.91 Å². The van der Waals surface area contributed by atoms with Crippen molar-refractivity contribution in [1.82, 2.24) is 9.97 Å². The van der Waals surface area contributed by atoms with Gasteiger partial charge in [-0.05, 0) is 36.8 Å². The summed E-state index contributed by atoms with van der Waals surface area (Å²) in [5.74, 6) is 0.351. The normalized spacial score (nSPS) is 10.8. The first-order chi connectivity index (χ1) is 12.6. The molecule has 0 aliphatic carbocycles. The predicted molar refractivity (Wildman–Crippen MR) is 106 cm³/mol. The molecule has 2 aromatic carbocycles. The fourth-order valence-electron chi connectivity index (χ4n) is 2.93. The average Bonchev–Trinajstić information content (AvgIpc) is 3.00. The lowest BCUT2D eigenvalue weighted by Gasteiger charge is -2.08. The number of carbonyl (C=O) groups excluding carboxylic acids is 1. The van der Waals surface area contributed by atoms with Crippen LogP contribution in [0, 0.1) is 6.92 Å². The van der Waals surface area contributed by atoms with Gasteiger partial charge < -0.3 is 11.1 Å². The van der Waals surface area contributed by atoms with Crippen molar-refractivity contribution in [2.24, 2.45) is 0 Å². The van der Waals surface area contributed by atoms with Crippen LogP contribution < -0.4 is 11.1 Å². The van der Waals surface area contributed by atoms with Crippen molar-refractivity contribution in [1.29, 1.82) is 0 Å². The molecule has 4 aromatic rings. The molecule has 6 heteroatoms. The van der Waals surface area contributed by atoms with Crippen molar-refractivity contribution in [3.8, 4) is 11.1 Å². The van der Waals surface area contributed by atoms with E-state index in [4.69, 9.17) is 5.73 Å². The summed E-state index contributed by atoms with van der Waals surface area (Å²) < 4.78 is 0. The average molecular weight is 360 g/mol.